The van der Waals surface area contributed by atoms with Crippen molar-refractivity contribution in [3.63, 3.8) is 0 Å². The van der Waals surface area contributed by atoms with Gasteiger partial charge in [-0.15, -0.1) is 0 Å². The highest BCUT2D eigenvalue weighted by Gasteiger charge is 2.22. The minimum absolute atomic E-state index is 0.157. The highest BCUT2D eigenvalue weighted by atomic mass is 16.2. The smallest absolute Gasteiger partial charge is 0.228 e. The van der Waals surface area contributed by atoms with E-state index in [0.717, 1.165) is 25.1 Å². The summed E-state index contributed by atoms with van der Waals surface area (Å²) in [6.07, 6.45) is 3.93. The average Bonchev–Trinajstić information content (AvgIpc) is 2.41. The van der Waals surface area contributed by atoms with Crippen molar-refractivity contribution in [2.24, 2.45) is 5.92 Å². The second kappa shape index (κ2) is 7.88. The van der Waals surface area contributed by atoms with E-state index in [2.05, 4.69) is 32.7 Å². The zero-order valence-electron chi connectivity index (χ0n) is 13.1. The molecule has 4 nitrogen and oxygen atoms in total. The molecule has 1 rings (SSSR count). The van der Waals surface area contributed by atoms with Gasteiger partial charge in [0.05, 0.1) is 18.3 Å². The lowest BCUT2D eigenvalue weighted by atomic mass is 10.1. The molecule has 0 atom stereocenters. The lowest BCUT2D eigenvalue weighted by Gasteiger charge is -2.32. The molecule has 0 aromatic carbocycles. The zero-order valence-corrected chi connectivity index (χ0v) is 13.1. The Kier molecular flexibility index (Phi) is 6.49. The third kappa shape index (κ3) is 4.83. The lowest BCUT2D eigenvalue weighted by Crippen LogP contribution is -2.42. The van der Waals surface area contributed by atoms with E-state index in [9.17, 15) is 4.79 Å². The normalized spacial score (nSPS) is 11.1. The van der Waals surface area contributed by atoms with Crippen molar-refractivity contribution in [3.8, 4) is 0 Å². The van der Waals surface area contributed by atoms with Crippen molar-refractivity contribution < 1.29 is 4.79 Å². The minimum atomic E-state index is 0.157. The van der Waals surface area contributed by atoms with Crippen LogP contribution in [0.5, 0.6) is 0 Å². The summed E-state index contributed by atoms with van der Waals surface area (Å²) in [6, 6.07) is 3.94. The molecule has 2 N–H and O–H groups in total. The summed E-state index contributed by atoms with van der Waals surface area (Å²) < 4.78 is 0. The Morgan fingerprint density at radius 1 is 1.30 bits per heavy atom. The Morgan fingerprint density at radius 3 is 2.40 bits per heavy atom. The number of carbonyl (C=O) groups is 1. The molecule has 1 aromatic heterocycles. The van der Waals surface area contributed by atoms with Gasteiger partial charge < -0.3 is 10.6 Å². The van der Waals surface area contributed by atoms with Crippen LogP contribution >= 0.6 is 0 Å². The first kappa shape index (κ1) is 16.5. The Bertz CT molecular complexity index is 410. The fraction of sp³-hybridized carbons (Fsp3) is 0.625. The lowest BCUT2D eigenvalue weighted by molar-refractivity contribution is -0.133. The van der Waals surface area contributed by atoms with Gasteiger partial charge in [0.25, 0.3) is 0 Å². The van der Waals surface area contributed by atoms with Crippen LogP contribution in [-0.4, -0.2) is 28.4 Å². The second-order valence-electron chi connectivity index (χ2n) is 5.67. The van der Waals surface area contributed by atoms with Gasteiger partial charge in [0.1, 0.15) is 0 Å². The van der Waals surface area contributed by atoms with Gasteiger partial charge in [0.2, 0.25) is 5.91 Å². The first-order valence-corrected chi connectivity index (χ1v) is 7.47. The largest absolute Gasteiger partial charge is 0.397 e. The van der Waals surface area contributed by atoms with Gasteiger partial charge in [-0.25, -0.2) is 0 Å². The van der Waals surface area contributed by atoms with Crippen LogP contribution in [0, 0.1) is 5.92 Å². The van der Waals surface area contributed by atoms with Crippen LogP contribution in [0.4, 0.5) is 5.69 Å². The van der Waals surface area contributed by atoms with Gasteiger partial charge >= 0.3 is 0 Å². The highest BCUT2D eigenvalue weighted by molar-refractivity contribution is 5.78. The van der Waals surface area contributed by atoms with E-state index in [-0.39, 0.29) is 5.91 Å². The van der Waals surface area contributed by atoms with Crippen LogP contribution in [0.3, 0.4) is 0 Å². The number of hydrogen-bond acceptors (Lipinski definition) is 3. The maximum Gasteiger partial charge on any atom is 0.228 e. The molecule has 20 heavy (non-hydrogen) atoms. The van der Waals surface area contributed by atoms with Crippen LogP contribution < -0.4 is 5.73 Å². The molecular formula is C16H27N3O. The third-order valence-electron chi connectivity index (χ3n) is 3.45. The van der Waals surface area contributed by atoms with Crippen molar-refractivity contribution in [1.29, 1.82) is 0 Å². The average molecular weight is 277 g/mol. The van der Waals surface area contributed by atoms with Crippen molar-refractivity contribution >= 4 is 11.6 Å². The summed E-state index contributed by atoms with van der Waals surface area (Å²) >= 11 is 0. The minimum Gasteiger partial charge on any atom is -0.397 e. The maximum atomic E-state index is 12.5. The van der Waals surface area contributed by atoms with Gasteiger partial charge in [0, 0.05) is 18.3 Å². The number of nitrogen functional groups attached to an aromatic ring is 1. The number of amides is 1. The Hall–Kier alpha value is -1.58. The van der Waals surface area contributed by atoms with E-state index in [0.29, 0.717) is 24.1 Å². The predicted molar refractivity (Wildman–Crippen MR) is 83.3 cm³/mol. The SMILES string of the molecule is CCC(CC)N(CC(C)C)C(=O)Cc1ccc(N)cn1. The number of nitrogens with zero attached hydrogens (tertiary/aromatic N) is 2. The quantitative estimate of drug-likeness (QED) is 0.833. The fourth-order valence-electron chi connectivity index (χ4n) is 2.37. The number of aromatic nitrogens is 1. The van der Waals surface area contributed by atoms with Crippen LogP contribution in [-0.2, 0) is 11.2 Å². The number of hydrogen-bond donors (Lipinski definition) is 1. The molecule has 0 unspecified atom stereocenters. The van der Waals surface area contributed by atoms with Crippen molar-refractivity contribution in [2.75, 3.05) is 12.3 Å². The molecule has 1 aromatic rings. The van der Waals surface area contributed by atoms with E-state index >= 15 is 0 Å². The highest BCUT2D eigenvalue weighted by Crippen LogP contribution is 2.14. The molecule has 0 saturated carbocycles. The molecule has 0 aliphatic heterocycles. The zero-order chi connectivity index (χ0) is 15.1. The van der Waals surface area contributed by atoms with E-state index in [4.69, 9.17) is 5.73 Å². The summed E-state index contributed by atoms with van der Waals surface area (Å²) in [6.45, 7) is 9.36. The molecule has 1 amide bonds. The molecule has 4 heteroatoms. The van der Waals surface area contributed by atoms with Crippen molar-refractivity contribution in [3.05, 3.63) is 24.0 Å². The molecule has 0 bridgehead atoms. The van der Waals surface area contributed by atoms with E-state index in [1.165, 1.54) is 0 Å². The Labute approximate surface area is 122 Å². The standard InChI is InChI=1S/C16H27N3O/c1-5-15(6-2)19(11-12(3)4)16(20)9-14-8-7-13(17)10-18-14/h7-8,10,12,15H,5-6,9,11,17H2,1-4H3. The Balaban J connectivity index is 2.79. The number of rotatable bonds is 7. The molecular weight excluding hydrogens is 250 g/mol. The Morgan fingerprint density at radius 2 is 1.95 bits per heavy atom. The van der Waals surface area contributed by atoms with E-state index in [1.807, 2.05) is 11.0 Å². The van der Waals surface area contributed by atoms with Gasteiger partial charge in [0.15, 0.2) is 0 Å². The summed E-state index contributed by atoms with van der Waals surface area (Å²) in [5, 5.41) is 0. The van der Waals surface area contributed by atoms with Crippen LogP contribution in [0.1, 0.15) is 46.2 Å². The number of pyridine rings is 1. The van der Waals surface area contributed by atoms with Gasteiger partial charge in [-0.2, -0.15) is 0 Å². The predicted octanol–water partition coefficient (Wildman–Crippen LogP) is 2.88. The monoisotopic (exact) mass is 277 g/mol. The molecule has 0 radical (unpaired) electrons. The second-order valence-corrected chi connectivity index (χ2v) is 5.67. The number of anilines is 1. The number of nitrogens with two attached hydrogens (primary N) is 1. The molecule has 0 saturated heterocycles. The first-order chi connectivity index (χ1) is 9.47. The van der Waals surface area contributed by atoms with Crippen molar-refractivity contribution in [2.45, 2.75) is 53.0 Å². The van der Waals surface area contributed by atoms with E-state index in [1.54, 1.807) is 12.3 Å². The molecule has 1 heterocycles. The topological polar surface area (TPSA) is 59.2 Å². The molecule has 0 spiro atoms. The number of carbonyl (C=O) groups excluding carboxylic acids is 1. The van der Waals surface area contributed by atoms with Gasteiger partial charge in [-0.1, -0.05) is 27.7 Å². The van der Waals surface area contributed by atoms with Gasteiger partial charge in [-0.05, 0) is 30.9 Å². The summed E-state index contributed by atoms with van der Waals surface area (Å²) in [4.78, 5) is 18.8. The van der Waals surface area contributed by atoms with Gasteiger partial charge in [-0.3, -0.25) is 9.78 Å². The van der Waals surface area contributed by atoms with Crippen LogP contribution in [0.2, 0.25) is 0 Å². The summed E-state index contributed by atoms with van der Waals surface area (Å²) in [5.41, 5.74) is 7.02. The molecule has 0 fully saturated rings. The summed E-state index contributed by atoms with van der Waals surface area (Å²) in [7, 11) is 0. The summed E-state index contributed by atoms with van der Waals surface area (Å²) in [5.74, 6) is 0.628. The van der Waals surface area contributed by atoms with Crippen LogP contribution in [0.25, 0.3) is 0 Å². The van der Waals surface area contributed by atoms with E-state index < -0.39 is 0 Å². The molecule has 112 valence electrons. The van der Waals surface area contributed by atoms with Crippen LogP contribution in [0.15, 0.2) is 18.3 Å². The first-order valence-electron chi connectivity index (χ1n) is 7.47. The third-order valence-corrected chi connectivity index (χ3v) is 3.45. The molecule has 0 aliphatic carbocycles. The van der Waals surface area contributed by atoms with Crippen molar-refractivity contribution in [1.82, 2.24) is 9.88 Å². The molecule has 0 aliphatic rings. The maximum absolute atomic E-state index is 12.5. The fourth-order valence-corrected chi connectivity index (χ4v) is 2.37.